The number of amides is 2. The third-order valence-corrected chi connectivity index (χ3v) is 7.37. The Kier molecular flexibility index (Phi) is 7.29. The van der Waals surface area contributed by atoms with Crippen molar-refractivity contribution in [1.29, 1.82) is 0 Å². The number of oxazole rings is 1. The minimum Gasteiger partial charge on any atom is -0.497 e. The van der Waals surface area contributed by atoms with Gasteiger partial charge in [-0.3, -0.25) is 19.1 Å². The zero-order chi connectivity index (χ0) is 25.9. The Balaban J connectivity index is 1.17. The SMILES string of the molecule is COc1cccc(CNC(=O)[C@@H]2C[C@@H](O)CN2C2CCN(C(=O)Cn3c(=O)oc4ccccc43)CC2)c1. The van der Waals surface area contributed by atoms with Crippen molar-refractivity contribution < 1.29 is 23.8 Å². The van der Waals surface area contributed by atoms with Gasteiger partial charge in [0, 0.05) is 32.2 Å². The fourth-order valence-corrected chi connectivity index (χ4v) is 5.43. The normalized spacial score (nSPS) is 20.9. The Hall–Kier alpha value is -3.63. The first-order valence-electron chi connectivity index (χ1n) is 12.6. The molecule has 2 aromatic carbocycles. The van der Waals surface area contributed by atoms with E-state index in [0.29, 0.717) is 56.5 Å². The van der Waals surface area contributed by atoms with Gasteiger partial charge in [-0.2, -0.15) is 0 Å². The van der Waals surface area contributed by atoms with Gasteiger partial charge in [0.05, 0.1) is 24.8 Å². The van der Waals surface area contributed by atoms with E-state index in [1.165, 1.54) is 4.57 Å². The molecular formula is C27H32N4O6. The van der Waals surface area contributed by atoms with Gasteiger partial charge < -0.3 is 24.5 Å². The van der Waals surface area contributed by atoms with Gasteiger partial charge >= 0.3 is 5.76 Å². The second kappa shape index (κ2) is 10.8. The van der Waals surface area contributed by atoms with E-state index in [1.807, 2.05) is 24.3 Å². The number of β-amino-alcohol motifs (C(OH)–C–C–N with tert-alkyl or cyclic N) is 1. The molecule has 2 aliphatic rings. The molecule has 0 unspecified atom stereocenters. The number of nitrogens with one attached hydrogen (secondary N) is 1. The Bertz CT molecular complexity index is 1330. The lowest BCUT2D eigenvalue weighted by Crippen LogP contribution is -2.52. The molecule has 0 radical (unpaired) electrons. The van der Waals surface area contributed by atoms with E-state index in [-0.39, 0.29) is 24.4 Å². The van der Waals surface area contributed by atoms with Crippen LogP contribution >= 0.6 is 0 Å². The van der Waals surface area contributed by atoms with E-state index < -0.39 is 17.9 Å². The maximum Gasteiger partial charge on any atom is 0.420 e. The lowest BCUT2D eigenvalue weighted by molar-refractivity contribution is -0.134. The number of aromatic nitrogens is 1. The molecule has 5 rings (SSSR count). The largest absolute Gasteiger partial charge is 0.497 e. The lowest BCUT2D eigenvalue weighted by atomic mass is 10.0. The minimum absolute atomic E-state index is 0.0712. The Labute approximate surface area is 214 Å². The van der Waals surface area contributed by atoms with Crippen molar-refractivity contribution in [3.8, 4) is 5.75 Å². The number of aliphatic hydroxyl groups excluding tert-OH is 1. The van der Waals surface area contributed by atoms with Crippen molar-refractivity contribution in [2.45, 2.75) is 50.5 Å². The smallest absolute Gasteiger partial charge is 0.420 e. The number of rotatable bonds is 7. The van der Waals surface area contributed by atoms with Gasteiger partial charge in [-0.1, -0.05) is 24.3 Å². The Morgan fingerprint density at radius 1 is 1.14 bits per heavy atom. The average Bonchev–Trinajstić information content (AvgIpc) is 3.46. The molecule has 2 N–H and O–H groups in total. The number of carbonyl (C=O) groups excluding carboxylic acids is 2. The summed E-state index contributed by atoms with van der Waals surface area (Å²) in [6.45, 7) is 1.80. The van der Waals surface area contributed by atoms with Crippen molar-refractivity contribution in [3.63, 3.8) is 0 Å². The fourth-order valence-electron chi connectivity index (χ4n) is 5.43. The van der Waals surface area contributed by atoms with E-state index in [9.17, 15) is 19.5 Å². The third-order valence-electron chi connectivity index (χ3n) is 7.37. The molecule has 0 spiro atoms. The summed E-state index contributed by atoms with van der Waals surface area (Å²) in [4.78, 5) is 42.1. The van der Waals surface area contributed by atoms with Crippen LogP contribution in [0.25, 0.3) is 11.1 Å². The van der Waals surface area contributed by atoms with Crippen LogP contribution < -0.4 is 15.8 Å². The molecule has 0 bridgehead atoms. The van der Waals surface area contributed by atoms with Gasteiger partial charge in [0.25, 0.3) is 0 Å². The van der Waals surface area contributed by atoms with E-state index >= 15 is 0 Å². The molecule has 0 saturated carbocycles. The van der Waals surface area contributed by atoms with Crippen LogP contribution in [0.15, 0.2) is 57.7 Å². The molecule has 10 heteroatoms. The quantitative estimate of drug-likeness (QED) is 0.495. The Morgan fingerprint density at radius 3 is 2.70 bits per heavy atom. The summed E-state index contributed by atoms with van der Waals surface area (Å²) in [6.07, 6.45) is 1.21. The summed E-state index contributed by atoms with van der Waals surface area (Å²) in [5.74, 6) is -0.0553. The third kappa shape index (κ3) is 5.40. The zero-order valence-corrected chi connectivity index (χ0v) is 20.8. The van der Waals surface area contributed by atoms with Gasteiger partial charge in [-0.15, -0.1) is 0 Å². The number of nitrogens with zero attached hydrogens (tertiary/aromatic N) is 3. The monoisotopic (exact) mass is 508 g/mol. The molecule has 37 heavy (non-hydrogen) atoms. The summed E-state index contributed by atoms with van der Waals surface area (Å²) >= 11 is 0. The molecule has 3 heterocycles. The van der Waals surface area contributed by atoms with Crippen LogP contribution in [0.3, 0.4) is 0 Å². The van der Waals surface area contributed by atoms with Crippen molar-refractivity contribution in [3.05, 3.63) is 64.6 Å². The first-order chi connectivity index (χ1) is 17.9. The maximum absolute atomic E-state index is 13.1. The van der Waals surface area contributed by atoms with Crippen LogP contribution in [0, 0.1) is 0 Å². The molecule has 2 aliphatic heterocycles. The number of piperidine rings is 1. The number of hydrogen-bond donors (Lipinski definition) is 2. The average molecular weight is 509 g/mol. The molecule has 2 fully saturated rings. The lowest BCUT2D eigenvalue weighted by Gasteiger charge is -2.38. The van der Waals surface area contributed by atoms with Crippen LogP contribution in [-0.4, -0.2) is 76.2 Å². The number of ether oxygens (including phenoxy) is 1. The highest BCUT2D eigenvalue weighted by Gasteiger charge is 2.41. The molecule has 2 saturated heterocycles. The molecule has 0 aliphatic carbocycles. The van der Waals surface area contributed by atoms with Gasteiger partial charge in [-0.05, 0) is 49.1 Å². The number of benzene rings is 2. The van der Waals surface area contributed by atoms with E-state index in [0.717, 1.165) is 11.3 Å². The first-order valence-corrected chi connectivity index (χ1v) is 12.6. The predicted octanol–water partition coefficient (Wildman–Crippen LogP) is 1.35. The summed E-state index contributed by atoms with van der Waals surface area (Å²) in [6, 6.07) is 14.3. The van der Waals surface area contributed by atoms with Crippen molar-refractivity contribution >= 4 is 22.9 Å². The maximum atomic E-state index is 13.1. The number of aliphatic hydroxyl groups is 1. The summed E-state index contributed by atoms with van der Waals surface area (Å²) in [5.41, 5.74) is 2.00. The number of hydrogen-bond acceptors (Lipinski definition) is 7. The highest BCUT2D eigenvalue weighted by Crippen LogP contribution is 2.27. The second-order valence-corrected chi connectivity index (χ2v) is 9.71. The standard InChI is InChI=1S/C27H32N4O6/c1-36-21-6-4-5-18(13-21)15-28-26(34)23-14-20(32)16-30(23)19-9-11-29(12-10-19)25(33)17-31-22-7-2-3-8-24(22)37-27(31)35/h2-8,13,19-20,23,32H,9-12,14-17H2,1H3,(H,28,34)/t20-,23+/m1/s1. The molecule has 10 nitrogen and oxygen atoms in total. The van der Waals surface area contributed by atoms with Crippen molar-refractivity contribution in [2.24, 2.45) is 0 Å². The molecule has 3 aromatic rings. The van der Waals surface area contributed by atoms with Gasteiger partial charge in [0.2, 0.25) is 11.8 Å². The molecule has 2 amide bonds. The molecular weight excluding hydrogens is 476 g/mol. The number of para-hydroxylation sites is 2. The number of fused-ring (bicyclic) bond motifs is 1. The highest BCUT2D eigenvalue weighted by molar-refractivity contribution is 5.82. The molecule has 196 valence electrons. The van der Waals surface area contributed by atoms with E-state index in [1.54, 1.807) is 36.3 Å². The van der Waals surface area contributed by atoms with Crippen molar-refractivity contribution in [2.75, 3.05) is 26.7 Å². The molecule has 1 aromatic heterocycles. The fraction of sp³-hybridized carbons (Fsp3) is 0.444. The first kappa shape index (κ1) is 25.0. The number of methoxy groups -OCH3 is 1. The van der Waals surface area contributed by atoms with Crippen LogP contribution in [0.1, 0.15) is 24.8 Å². The zero-order valence-electron chi connectivity index (χ0n) is 20.8. The van der Waals surface area contributed by atoms with Gasteiger partial charge in [-0.25, -0.2) is 4.79 Å². The topological polar surface area (TPSA) is 117 Å². The molecule has 2 atom stereocenters. The van der Waals surface area contributed by atoms with Gasteiger partial charge in [0.15, 0.2) is 5.58 Å². The van der Waals surface area contributed by atoms with Crippen molar-refractivity contribution in [1.82, 2.24) is 19.7 Å². The summed E-state index contributed by atoms with van der Waals surface area (Å²) in [7, 11) is 1.60. The Morgan fingerprint density at radius 2 is 1.92 bits per heavy atom. The summed E-state index contributed by atoms with van der Waals surface area (Å²) in [5, 5.41) is 13.4. The predicted molar refractivity (Wildman–Crippen MR) is 136 cm³/mol. The highest BCUT2D eigenvalue weighted by atomic mass is 16.5. The van der Waals surface area contributed by atoms with E-state index in [2.05, 4.69) is 10.2 Å². The van der Waals surface area contributed by atoms with Crippen LogP contribution in [-0.2, 0) is 22.7 Å². The summed E-state index contributed by atoms with van der Waals surface area (Å²) < 4.78 is 11.8. The van der Waals surface area contributed by atoms with Gasteiger partial charge in [0.1, 0.15) is 12.3 Å². The van der Waals surface area contributed by atoms with E-state index in [4.69, 9.17) is 9.15 Å². The van der Waals surface area contributed by atoms with Crippen LogP contribution in [0.2, 0.25) is 0 Å². The minimum atomic E-state index is -0.562. The number of likely N-dealkylation sites (tertiary alicyclic amines) is 2. The second-order valence-electron chi connectivity index (χ2n) is 9.71. The van der Waals surface area contributed by atoms with Crippen LogP contribution in [0.4, 0.5) is 0 Å². The van der Waals surface area contributed by atoms with Crippen LogP contribution in [0.5, 0.6) is 5.75 Å². The number of carbonyl (C=O) groups is 2.